The summed E-state index contributed by atoms with van der Waals surface area (Å²) in [5.41, 5.74) is 7.09. The van der Waals surface area contributed by atoms with Crippen molar-refractivity contribution in [2.45, 2.75) is 50.9 Å². The number of anilines is 1. The van der Waals surface area contributed by atoms with Crippen molar-refractivity contribution in [3.8, 4) is 0 Å². The molecule has 1 aliphatic rings. The first kappa shape index (κ1) is 14.6. The Morgan fingerprint density at radius 2 is 2.11 bits per heavy atom. The second-order valence-corrected chi connectivity index (χ2v) is 6.76. The van der Waals surface area contributed by atoms with Gasteiger partial charge >= 0.3 is 0 Å². The predicted octanol–water partition coefficient (Wildman–Crippen LogP) is 2.09. The van der Waals surface area contributed by atoms with Crippen molar-refractivity contribution in [1.82, 2.24) is 9.97 Å². The summed E-state index contributed by atoms with van der Waals surface area (Å²) in [6, 6.07) is 0.697. The fourth-order valence-electron chi connectivity index (χ4n) is 2.26. The maximum Gasteiger partial charge on any atom is 0.225 e. The zero-order valence-electron chi connectivity index (χ0n) is 12.0. The van der Waals surface area contributed by atoms with E-state index in [1.807, 2.05) is 24.2 Å². The Labute approximate surface area is 120 Å². The molecule has 1 aromatic heterocycles. The monoisotopic (exact) mass is 280 g/mol. The number of hydrogen-bond donors (Lipinski definition) is 1. The lowest BCUT2D eigenvalue weighted by atomic mass is 10.1. The summed E-state index contributed by atoms with van der Waals surface area (Å²) >= 11 is 2.03. The SMILES string of the molecule is CCC(N)Cc1cnc(N2CCSC(C)C2C)nc1. The first-order valence-electron chi connectivity index (χ1n) is 7.06. The number of rotatable bonds is 4. The first-order valence-corrected chi connectivity index (χ1v) is 8.11. The summed E-state index contributed by atoms with van der Waals surface area (Å²) in [7, 11) is 0. The Hall–Kier alpha value is -0.810. The van der Waals surface area contributed by atoms with Crippen molar-refractivity contribution < 1.29 is 0 Å². The van der Waals surface area contributed by atoms with E-state index in [9.17, 15) is 0 Å². The molecular weight excluding hydrogens is 256 g/mol. The highest BCUT2D eigenvalue weighted by molar-refractivity contribution is 8.00. The van der Waals surface area contributed by atoms with Gasteiger partial charge in [-0.05, 0) is 25.3 Å². The van der Waals surface area contributed by atoms with E-state index in [0.717, 1.165) is 36.7 Å². The van der Waals surface area contributed by atoms with Gasteiger partial charge in [-0.2, -0.15) is 11.8 Å². The fourth-order valence-corrected chi connectivity index (χ4v) is 3.36. The van der Waals surface area contributed by atoms with Gasteiger partial charge in [-0.1, -0.05) is 13.8 Å². The van der Waals surface area contributed by atoms with E-state index in [1.165, 1.54) is 0 Å². The van der Waals surface area contributed by atoms with Gasteiger partial charge in [0.1, 0.15) is 0 Å². The van der Waals surface area contributed by atoms with E-state index in [0.29, 0.717) is 11.3 Å². The van der Waals surface area contributed by atoms with Gasteiger partial charge in [-0.15, -0.1) is 0 Å². The largest absolute Gasteiger partial charge is 0.336 e. The molecule has 2 N–H and O–H groups in total. The molecule has 3 unspecified atom stereocenters. The van der Waals surface area contributed by atoms with Crippen LogP contribution in [-0.2, 0) is 6.42 Å². The molecule has 106 valence electrons. The Morgan fingerprint density at radius 3 is 2.74 bits per heavy atom. The average Bonchev–Trinajstić information content (AvgIpc) is 2.43. The minimum absolute atomic E-state index is 0.208. The summed E-state index contributed by atoms with van der Waals surface area (Å²) in [6.07, 6.45) is 5.70. The molecular formula is C14H24N4S. The highest BCUT2D eigenvalue weighted by Gasteiger charge is 2.26. The molecule has 0 spiro atoms. The van der Waals surface area contributed by atoms with Gasteiger partial charge in [0.25, 0.3) is 0 Å². The average molecular weight is 280 g/mol. The van der Waals surface area contributed by atoms with Crippen molar-refractivity contribution in [3.05, 3.63) is 18.0 Å². The molecule has 0 saturated carbocycles. The zero-order valence-corrected chi connectivity index (χ0v) is 12.9. The van der Waals surface area contributed by atoms with Gasteiger partial charge in [0.2, 0.25) is 5.95 Å². The highest BCUT2D eigenvalue weighted by atomic mass is 32.2. The third kappa shape index (κ3) is 3.60. The molecule has 2 rings (SSSR count). The van der Waals surface area contributed by atoms with Crippen LogP contribution in [0.3, 0.4) is 0 Å². The Kier molecular flexibility index (Phi) is 5.05. The summed E-state index contributed by atoms with van der Waals surface area (Å²) < 4.78 is 0. The van der Waals surface area contributed by atoms with Gasteiger partial charge in [-0.25, -0.2) is 9.97 Å². The molecule has 1 saturated heterocycles. The van der Waals surface area contributed by atoms with Crippen molar-refractivity contribution >= 4 is 17.7 Å². The van der Waals surface area contributed by atoms with Crippen molar-refractivity contribution in [2.24, 2.45) is 5.73 Å². The number of thioether (sulfide) groups is 1. The van der Waals surface area contributed by atoms with Crippen LogP contribution in [0.25, 0.3) is 0 Å². The van der Waals surface area contributed by atoms with Crippen LogP contribution in [-0.4, -0.2) is 39.6 Å². The molecule has 19 heavy (non-hydrogen) atoms. The number of aromatic nitrogens is 2. The van der Waals surface area contributed by atoms with Gasteiger partial charge in [0, 0.05) is 42.0 Å². The van der Waals surface area contributed by atoms with Crippen molar-refractivity contribution in [2.75, 3.05) is 17.2 Å². The highest BCUT2D eigenvalue weighted by Crippen LogP contribution is 2.26. The van der Waals surface area contributed by atoms with E-state index in [1.54, 1.807) is 0 Å². The van der Waals surface area contributed by atoms with Crippen molar-refractivity contribution in [1.29, 1.82) is 0 Å². The molecule has 1 fully saturated rings. The summed E-state index contributed by atoms with van der Waals surface area (Å²) in [6.45, 7) is 7.66. The molecule has 2 heterocycles. The van der Waals surface area contributed by atoms with E-state index < -0.39 is 0 Å². The van der Waals surface area contributed by atoms with Crippen LogP contribution < -0.4 is 10.6 Å². The second-order valence-electron chi connectivity index (χ2n) is 5.27. The second kappa shape index (κ2) is 6.57. The molecule has 0 radical (unpaired) electrons. The van der Waals surface area contributed by atoms with Crippen LogP contribution in [0.15, 0.2) is 12.4 Å². The number of hydrogen-bond acceptors (Lipinski definition) is 5. The first-order chi connectivity index (χ1) is 9.11. The van der Waals surface area contributed by atoms with Gasteiger partial charge < -0.3 is 10.6 Å². The normalized spacial score (nSPS) is 25.4. The minimum atomic E-state index is 0.208. The Balaban J connectivity index is 2.05. The summed E-state index contributed by atoms with van der Waals surface area (Å²) in [5.74, 6) is 2.01. The quantitative estimate of drug-likeness (QED) is 0.915. The minimum Gasteiger partial charge on any atom is -0.336 e. The van der Waals surface area contributed by atoms with Crippen LogP contribution in [0.4, 0.5) is 5.95 Å². The molecule has 5 heteroatoms. The van der Waals surface area contributed by atoms with Crippen LogP contribution in [0.2, 0.25) is 0 Å². The smallest absolute Gasteiger partial charge is 0.225 e. The number of nitrogens with zero attached hydrogens (tertiary/aromatic N) is 3. The molecule has 1 aromatic rings. The molecule has 3 atom stereocenters. The summed E-state index contributed by atoms with van der Waals surface area (Å²) in [5, 5.41) is 0.630. The number of nitrogens with two attached hydrogens (primary N) is 1. The van der Waals surface area contributed by atoms with E-state index >= 15 is 0 Å². The van der Waals surface area contributed by atoms with Crippen LogP contribution in [0.5, 0.6) is 0 Å². The Morgan fingerprint density at radius 1 is 1.42 bits per heavy atom. The van der Waals surface area contributed by atoms with Crippen LogP contribution in [0.1, 0.15) is 32.8 Å². The molecule has 0 bridgehead atoms. The predicted molar refractivity (Wildman–Crippen MR) is 82.7 cm³/mol. The van der Waals surface area contributed by atoms with Gasteiger partial charge in [0.05, 0.1) is 0 Å². The third-order valence-electron chi connectivity index (χ3n) is 3.85. The van der Waals surface area contributed by atoms with Crippen LogP contribution in [0, 0.1) is 0 Å². The molecule has 1 aliphatic heterocycles. The standard InChI is InChI=1S/C14H24N4S/c1-4-13(15)7-12-8-16-14(17-9-12)18-5-6-19-11(3)10(18)2/h8-11,13H,4-7,15H2,1-3H3. The third-order valence-corrected chi connectivity index (χ3v) is 5.19. The molecule has 0 aliphatic carbocycles. The van der Waals surface area contributed by atoms with Gasteiger partial charge in [-0.3, -0.25) is 0 Å². The molecule has 0 amide bonds. The van der Waals surface area contributed by atoms with Crippen molar-refractivity contribution in [3.63, 3.8) is 0 Å². The topological polar surface area (TPSA) is 55.0 Å². The Bertz CT molecular complexity index is 395. The maximum absolute atomic E-state index is 5.96. The van der Waals surface area contributed by atoms with E-state index in [2.05, 4.69) is 35.6 Å². The van der Waals surface area contributed by atoms with Gasteiger partial charge in [0.15, 0.2) is 0 Å². The van der Waals surface area contributed by atoms with Crippen LogP contribution >= 0.6 is 11.8 Å². The lowest BCUT2D eigenvalue weighted by Crippen LogP contribution is -2.45. The zero-order chi connectivity index (χ0) is 13.8. The lowest BCUT2D eigenvalue weighted by molar-refractivity contribution is 0.609. The summed E-state index contributed by atoms with van der Waals surface area (Å²) in [4.78, 5) is 11.4. The lowest BCUT2D eigenvalue weighted by Gasteiger charge is -2.37. The molecule has 0 aromatic carbocycles. The van der Waals surface area contributed by atoms with E-state index in [4.69, 9.17) is 5.73 Å². The maximum atomic E-state index is 5.96. The van der Waals surface area contributed by atoms with E-state index in [-0.39, 0.29) is 6.04 Å². The molecule has 4 nitrogen and oxygen atoms in total. The fraction of sp³-hybridized carbons (Fsp3) is 0.714.